The Bertz CT molecular complexity index is 864. The van der Waals surface area contributed by atoms with Crippen LogP contribution in [-0.4, -0.2) is 64.3 Å². The number of hydrogen-bond acceptors (Lipinski definition) is 5. The molecular weight excluding hydrogens is 366 g/mol. The highest BCUT2D eigenvalue weighted by Gasteiger charge is 2.28. The lowest BCUT2D eigenvalue weighted by Crippen LogP contribution is -2.46. The maximum Gasteiger partial charge on any atom is 0.258 e. The molecule has 2 heterocycles. The third-order valence-corrected chi connectivity index (χ3v) is 5.87. The number of nitrogens with zero attached hydrogens (tertiary/aromatic N) is 3. The number of hydrogen-bond donors (Lipinski definition) is 0. The van der Waals surface area contributed by atoms with Crippen molar-refractivity contribution in [2.75, 3.05) is 63.3 Å². The lowest BCUT2D eigenvalue weighted by atomic mass is 10.1. The van der Waals surface area contributed by atoms with Crippen LogP contribution in [0.2, 0.25) is 0 Å². The zero-order valence-corrected chi connectivity index (χ0v) is 17.3. The number of ether oxygens (including phenoxy) is 2. The highest BCUT2D eigenvalue weighted by molar-refractivity contribution is 6.08. The minimum absolute atomic E-state index is 0.0161. The summed E-state index contributed by atoms with van der Waals surface area (Å²) in [7, 11) is 3.18. The van der Waals surface area contributed by atoms with Crippen molar-refractivity contribution >= 4 is 17.3 Å². The van der Waals surface area contributed by atoms with Gasteiger partial charge >= 0.3 is 0 Å². The molecule has 4 rings (SSSR count). The number of para-hydroxylation sites is 2. The van der Waals surface area contributed by atoms with Crippen molar-refractivity contribution in [3.63, 3.8) is 0 Å². The van der Waals surface area contributed by atoms with E-state index in [0.29, 0.717) is 23.6 Å². The number of fused-ring (bicyclic) bond motifs is 1. The Morgan fingerprint density at radius 1 is 0.862 bits per heavy atom. The maximum atomic E-state index is 13.3. The molecule has 29 heavy (non-hydrogen) atoms. The lowest BCUT2D eigenvalue weighted by molar-refractivity contribution is 0.0986. The molecule has 2 aliphatic rings. The van der Waals surface area contributed by atoms with E-state index in [-0.39, 0.29) is 5.91 Å². The van der Waals surface area contributed by atoms with Crippen LogP contribution in [0.15, 0.2) is 42.5 Å². The number of methoxy groups -OCH3 is 2. The average molecular weight is 396 g/mol. The molecule has 6 heteroatoms. The Balaban J connectivity index is 1.55. The average Bonchev–Trinajstić information content (AvgIpc) is 3.30. The molecule has 1 saturated heterocycles. The van der Waals surface area contributed by atoms with Crippen molar-refractivity contribution in [2.24, 2.45) is 0 Å². The smallest absolute Gasteiger partial charge is 0.258 e. The van der Waals surface area contributed by atoms with Crippen molar-refractivity contribution in [1.29, 1.82) is 0 Å². The van der Waals surface area contributed by atoms with Gasteiger partial charge in [-0.15, -0.1) is 0 Å². The van der Waals surface area contributed by atoms with Crippen LogP contribution in [0.5, 0.6) is 11.5 Å². The van der Waals surface area contributed by atoms with E-state index in [1.54, 1.807) is 32.4 Å². The van der Waals surface area contributed by atoms with Crippen LogP contribution < -0.4 is 19.3 Å². The van der Waals surface area contributed by atoms with Gasteiger partial charge in [0.2, 0.25) is 0 Å². The minimum atomic E-state index is -0.0161. The lowest BCUT2D eigenvalue weighted by Gasteiger charge is -2.38. The second-order valence-electron chi connectivity index (χ2n) is 7.55. The molecular formula is C23H29N3O3. The molecule has 0 atom stereocenters. The number of carbonyl (C=O) groups is 1. The van der Waals surface area contributed by atoms with Crippen molar-refractivity contribution in [1.82, 2.24) is 4.90 Å². The summed E-state index contributed by atoms with van der Waals surface area (Å²) in [6.07, 6.45) is 2.62. The van der Waals surface area contributed by atoms with E-state index < -0.39 is 0 Å². The molecule has 6 nitrogen and oxygen atoms in total. The van der Waals surface area contributed by atoms with E-state index in [4.69, 9.17) is 9.47 Å². The van der Waals surface area contributed by atoms with Crippen molar-refractivity contribution in [3.05, 3.63) is 48.0 Å². The fourth-order valence-electron chi connectivity index (χ4n) is 4.26. The Hall–Kier alpha value is -2.73. The zero-order chi connectivity index (χ0) is 20.2. The summed E-state index contributed by atoms with van der Waals surface area (Å²) in [5, 5.41) is 0. The number of likely N-dealkylation sites (tertiary alicyclic amines) is 1. The third kappa shape index (κ3) is 4.03. The van der Waals surface area contributed by atoms with E-state index >= 15 is 0 Å². The number of rotatable bonds is 6. The van der Waals surface area contributed by atoms with Crippen LogP contribution in [0.4, 0.5) is 11.4 Å². The van der Waals surface area contributed by atoms with Crippen molar-refractivity contribution < 1.29 is 14.3 Å². The summed E-state index contributed by atoms with van der Waals surface area (Å²) in [6, 6.07) is 13.5. The molecule has 1 amide bonds. The molecule has 2 aromatic carbocycles. The quantitative estimate of drug-likeness (QED) is 0.751. The monoisotopic (exact) mass is 395 g/mol. The molecule has 0 bridgehead atoms. The summed E-state index contributed by atoms with van der Waals surface area (Å²) in [5.74, 6) is 1.17. The van der Waals surface area contributed by atoms with Crippen molar-refractivity contribution in [2.45, 2.75) is 12.8 Å². The summed E-state index contributed by atoms with van der Waals surface area (Å²) in [5.41, 5.74) is 2.70. The predicted octanol–water partition coefficient (Wildman–Crippen LogP) is 3.27. The second kappa shape index (κ2) is 8.74. The Morgan fingerprint density at radius 3 is 2.31 bits per heavy atom. The summed E-state index contributed by atoms with van der Waals surface area (Å²) < 4.78 is 10.7. The first-order valence-electron chi connectivity index (χ1n) is 10.3. The molecule has 2 aliphatic heterocycles. The van der Waals surface area contributed by atoms with Gasteiger partial charge in [0.1, 0.15) is 0 Å². The minimum Gasteiger partial charge on any atom is -0.493 e. The van der Waals surface area contributed by atoms with Crippen molar-refractivity contribution in [3.8, 4) is 11.5 Å². The van der Waals surface area contributed by atoms with Crippen LogP contribution in [0.3, 0.4) is 0 Å². The van der Waals surface area contributed by atoms with E-state index in [9.17, 15) is 4.79 Å². The molecule has 0 N–H and O–H groups in total. The predicted molar refractivity (Wildman–Crippen MR) is 116 cm³/mol. The number of amides is 1. The highest BCUT2D eigenvalue weighted by atomic mass is 16.5. The SMILES string of the molecule is COc1ccc(C(=O)N2CCN(CCN3CCCC3)c3ccccc32)cc1OC. The van der Waals surface area contributed by atoms with Gasteiger partial charge in [-0.1, -0.05) is 12.1 Å². The highest BCUT2D eigenvalue weighted by Crippen LogP contribution is 2.35. The maximum absolute atomic E-state index is 13.3. The van der Waals surface area contributed by atoms with E-state index in [2.05, 4.69) is 15.9 Å². The van der Waals surface area contributed by atoms with Crippen LogP contribution in [0.1, 0.15) is 23.2 Å². The molecule has 0 spiro atoms. The molecule has 0 aromatic heterocycles. The number of anilines is 2. The Kier molecular flexibility index (Phi) is 5.90. The first kappa shape index (κ1) is 19.6. The fourth-order valence-corrected chi connectivity index (χ4v) is 4.26. The van der Waals surface area contributed by atoms with E-state index in [0.717, 1.165) is 31.0 Å². The van der Waals surface area contributed by atoms with Gasteiger partial charge < -0.3 is 24.2 Å². The molecule has 1 fully saturated rings. The third-order valence-electron chi connectivity index (χ3n) is 5.87. The van der Waals surface area contributed by atoms with Crippen LogP contribution >= 0.6 is 0 Å². The fraction of sp³-hybridized carbons (Fsp3) is 0.435. The van der Waals surface area contributed by atoms with Gasteiger partial charge in [0, 0.05) is 31.7 Å². The number of carbonyl (C=O) groups excluding carboxylic acids is 1. The summed E-state index contributed by atoms with van der Waals surface area (Å²) in [4.78, 5) is 20.1. The van der Waals surface area contributed by atoms with Gasteiger partial charge in [0.25, 0.3) is 5.91 Å². The molecule has 154 valence electrons. The van der Waals surface area contributed by atoms with Gasteiger partial charge in [0.05, 0.1) is 25.6 Å². The Morgan fingerprint density at radius 2 is 1.59 bits per heavy atom. The second-order valence-corrected chi connectivity index (χ2v) is 7.55. The standard InChI is InChI=1S/C23H29N3O3/c1-28-21-10-9-18(17-22(21)29-2)23(27)26-16-15-25(14-13-24-11-5-6-12-24)19-7-3-4-8-20(19)26/h3-4,7-10,17H,5-6,11-16H2,1-2H3. The largest absolute Gasteiger partial charge is 0.493 e. The number of benzene rings is 2. The summed E-state index contributed by atoms with van der Waals surface area (Å²) in [6.45, 7) is 6.00. The molecule has 0 radical (unpaired) electrons. The van der Waals surface area contributed by atoms with Gasteiger partial charge in [-0.05, 0) is 56.3 Å². The normalized spacial score (nSPS) is 16.6. The first-order valence-corrected chi connectivity index (χ1v) is 10.3. The van der Waals surface area contributed by atoms with Crippen LogP contribution in [0, 0.1) is 0 Å². The van der Waals surface area contributed by atoms with Gasteiger partial charge in [-0.2, -0.15) is 0 Å². The van der Waals surface area contributed by atoms with Crippen LogP contribution in [0.25, 0.3) is 0 Å². The molecule has 0 unspecified atom stereocenters. The molecule has 0 saturated carbocycles. The van der Waals surface area contributed by atoms with Gasteiger partial charge in [-0.25, -0.2) is 0 Å². The zero-order valence-electron chi connectivity index (χ0n) is 17.3. The Labute approximate surface area is 172 Å². The summed E-state index contributed by atoms with van der Waals surface area (Å²) >= 11 is 0. The first-order chi connectivity index (χ1) is 14.2. The van der Waals surface area contributed by atoms with E-state index in [1.807, 2.05) is 23.1 Å². The van der Waals surface area contributed by atoms with E-state index in [1.165, 1.54) is 25.9 Å². The molecule has 2 aromatic rings. The molecule has 0 aliphatic carbocycles. The van der Waals surface area contributed by atoms with Gasteiger partial charge in [0.15, 0.2) is 11.5 Å². The topological polar surface area (TPSA) is 45.2 Å². The van der Waals surface area contributed by atoms with Gasteiger partial charge in [-0.3, -0.25) is 4.79 Å². The van der Waals surface area contributed by atoms with Crippen LogP contribution in [-0.2, 0) is 0 Å².